The summed E-state index contributed by atoms with van der Waals surface area (Å²) in [4.78, 5) is 4.29. The summed E-state index contributed by atoms with van der Waals surface area (Å²) in [5.41, 5.74) is 0. The molecule has 0 saturated carbocycles. The van der Waals surface area contributed by atoms with Crippen molar-refractivity contribution >= 4 is 39.5 Å². The Morgan fingerprint density at radius 1 is 1.21 bits per heavy atom. The van der Waals surface area contributed by atoms with Crippen molar-refractivity contribution in [3.05, 3.63) is 46.0 Å². The Morgan fingerprint density at radius 3 is 2.74 bits per heavy atom. The highest BCUT2D eigenvalue weighted by Crippen LogP contribution is 2.28. The van der Waals surface area contributed by atoms with Crippen molar-refractivity contribution in [2.75, 3.05) is 5.32 Å². The summed E-state index contributed by atoms with van der Waals surface area (Å²) in [6.45, 7) is 2.05. The van der Waals surface area contributed by atoms with Crippen molar-refractivity contribution in [2.45, 2.75) is 13.0 Å². The van der Waals surface area contributed by atoms with Crippen molar-refractivity contribution in [1.29, 1.82) is 0 Å². The molecule has 0 radical (unpaired) electrons. The maximum atomic E-state index is 6.05. The fourth-order valence-electron chi connectivity index (χ4n) is 1.89. The predicted octanol–water partition coefficient (Wildman–Crippen LogP) is 3.91. The standard InChI is InChI=1S/C13H11ClN4S/c1-8(13-15-6-7-19-13)16-12-10-5-3-2-4-9(10)11(14)17-18-12/h2-8H,1H3,(H,16,18). The lowest BCUT2D eigenvalue weighted by Crippen LogP contribution is -2.08. The molecule has 4 nitrogen and oxygen atoms in total. The number of halogens is 1. The third kappa shape index (κ3) is 2.39. The molecule has 1 unspecified atom stereocenters. The van der Waals surface area contributed by atoms with E-state index in [1.165, 1.54) is 0 Å². The Balaban J connectivity index is 2.00. The average molecular weight is 291 g/mol. The molecule has 96 valence electrons. The maximum Gasteiger partial charge on any atom is 0.159 e. The molecule has 0 aliphatic rings. The number of benzene rings is 1. The lowest BCUT2D eigenvalue weighted by Gasteiger charge is -2.13. The van der Waals surface area contributed by atoms with Gasteiger partial charge < -0.3 is 5.32 Å². The molecule has 1 N–H and O–H groups in total. The maximum absolute atomic E-state index is 6.05. The van der Waals surface area contributed by atoms with E-state index in [2.05, 4.69) is 20.5 Å². The van der Waals surface area contributed by atoms with Crippen LogP contribution in [0.3, 0.4) is 0 Å². The Kier molecular flexibility index (Phi) is 3.31. The normalized spacial score (nSPS) is 12.5. The molecule has 0 aliphatic heterocycles. The monoisotopic (exact) mass is 290 g/mol. The number of hydrogen-bond acceptors (Lipinski definition) is 5. The van der Waals surface area contributed by atoms with Crippen molar-refractivity contribution in [1.82, 2.24) is 15.2 Å². The molecule has 0 saturated heterocycles. The van der Waals surface area contributed by atoms with Crippen LogP contribution in [0.1, 0.15) is 18.0 Å². The Bertz CT molecular complexity index is 699. The van der Waals surface area contributed by atoms with Crippen molar-refractivity contribution in [3.8, 4) is 0 Å². The summed E-state index contributed by atoms with van der Waals surface area (Å²) in [5, 5.41) is 16.7. The highest BCUT2D eigenvalue weighted by Gasteiger charge is 2.12. The van der Waals surface area contributed by atoms with Gasteiger partial charge in [-0.3, -0.25) is 0 Å². The molecule has 2 aromatic heterocycles. The second-order valence-electron chi connectivity index (χ2n) is 4.12. The van der Waals surface area contributed by atoms with Gasteiger partial charge in [0, 0.05) is 22.3 Å². The number of hydrogen-bond donors (Lipinski definition) is 1. The van der Waals surface area contributed by atoms with Crippen LogP contribution in [0.2, 0.25) is 5.15 Å². The number of fused-ring (bicyclic) bond motifs is 1. The van der Waals surface area contributed by atoms with Crippen LogP contribution in [-0.2, 0) is 0 Å². The lowest BCUT2D eigenvalue weighted by atomic mass is 10.2. The van der Waals surface area contributed by atoms with Gasteiger partial charge in [0.15, 0.2) is 11.0 Å². The number of nitrogens with zero attached hydrogens (tertiary/aromatic N) is 3. The molecule has 3 aromatic rings. The van der Waals surface area contributed by atoms with E-state index in [1.807, 2.05) is 36.6 Å². The Hall–Kier alpha value is -1.72. The van der Waals surface area contributed by atoms with E-state index < -0.39 is 0 Å². The molecule has 0 amide bonds. The zero-order valence-corrected chi connectivity index (χ0v) is 11.7. The fourth-order valence-corrected chi connectivity index (χ4v) is 2.74. The number of aromatic nitrogens is 3. The topological polar surface area (TPSA) is 50.7 Å². The predicted molar refractivity (Wildman–Crippen MR) is 78.7 cm³/mol. The third-order valence-electron chi connectivity index (χ3n) is 2.82. The highest BCUT2D eigenvalue weighted by atomic mass is 35.5. The van der Waals surface area contributed by atoms with Crippen molar-refractivity contribution in [2.24, 2.45) is 0 Å². The summed E-state index contributed by atoms with van der Waals surface area (Å²) >= 11 is 7.66. The Morgan fingerprint density at radius 2 is 2.00 bits per heavy atom. The van der Waals surface area contributed by atoms with E-state index in [0.717, 1.165) is 21.6 Å². The van der Waals surface area contributed by atoms with Crippen LogP contribution >= 0.6 is 22.9 Å². The lowest BCUT2D eigenvalue weighted by molar-refractivity contribution is 0.853. The zero-order chi connectivity index (χ0) is 13.2. The van der Waals surface area contributed by atoms with Gasteiger partial charge in [0.05, 0.1) is 6.04 Å². The minimum Gasteiger partial charge on any atom is -0.359 e. The summed E-state index contributed by atoms with van der Waals surface area (Å²) < 4.78 is 0. The quantitative estimate of drug-likeness (QED) is 0.794. The summed E-state index contributed by atoms with van der Waals surface area (Å²) in [6, 6.07) is 7.89. The molecule has 2 heterocycles. The van der Waals surface area contributed by atoms with Crippen LogP contribution in [0, 0.1) is 0 Å². The summed E-state index contributed by atoms with van der Waals surface area (Å²) in [5.74, 6) is 0.725. The highest BCUT2D eigenvalue weighted by molar-refractivity contribution is 7.09. The fraction of sp³-hybridized carbons (Fsp3) is 0.154. The molecule has 0 aliphatic carbocycles. The van der Waals surface area contributed by atoms with E-state index in [4.69, 9.17) is 11.6 Å². The smallest absolute Gasteiger partial charge is 0.159 e. The molecule has 19 heavy (non-hydrogen) atoms. The largest absolute Gasteiger partial charge is 0.359 e. The van der Waals surface area contributed by atoms with Crippen LogP contribution in [0.15, 0.2) is 35.8 Å². The summed E-state index contributed by atoms with van der Waals surface area (Å²) in [7, 11) is 0. The Labute approximate surface area is 119 Å². The molecule has 1 atom stereocenters. The molecule has 1 aromatic carbocycles. The summed E-state index contributed by atoms with van der Waals surface area (Å²) in [6.07, 6.45) is 1.80. The zero-order valence-electron chi connectivity index (χ0n) is 10.2. The van der Waals surface area contributed by atoms with Gasteiger partial charge in [0.1, 0.15) is 5.01 Å². The second-order valence-corrected chi connectivity index (χ2v) is 5.41. The van der Waals surface area contributed by atoms with E-state index in [-0.39, 0.29) is 6.04 Å². The molecule has 6 heteroatoms. The number of thiazole rings is 1. The number of nitrogens with one attached hydrogen (secondary N) is 1. The van der Waals surface area contributed by atoms with Gasteiger partial charge in [-0.15, -0.1) is 21.5 Å². The van der Waals surface area contributed by atoms with Crippen molar-refractivity contribution in [3.63, 3.8) is 0 Å². The van der Waals surface area contributed by atoms with E-state index in [9.17, 15) is 0 Å². The van der Waals surface area contributed by atoms with Gasteiger partial charge in [-0.1, -0.05) is 35.9 Å². The molecule has 0 spiro atoms. The van der Waals surface area contributed by atoms with Gasteiger partial charge in [0.25, 0.3) is 0 Å². The van der Waals surface area contributed by atoms with Gasteiger partial charge in [-0.05, 0) is 6.92 Å². The average Bonchev–Trinajstić information content (AvgIpc) is 2.96. The van der Waals surface area contributed by atoms with Gasteiger partial charge in [-0.25, -0.2) is 4.98 Å². The molecule has 3 rings (SSSR count). The first-order chi connectivity index (χ1) is 9.25. The first kappa shape index (κ1) is 12.3. The first-order valence-corrected chi connectivity index (χ1v) is 7.08. The van der Waals surface area contributed by atoms with E-state index in [0.29, 0.717) is 5.15 Å². The van der Waals surface area contributed by atoms with Crippen LogP contribution in [-0.4, -0.2) is 15.2 Å². The SMILES string of the molecule is CC(Nc1nnc(Cl)c2ccccc12)c1nccs1. The molecule has 0 fully saturated rings. The van der Waals surface area contributed by atoms with E-state index in [1.54, 1.807) is 17.5 Å². The number of rotatable bonds is 3. The molecular formula is C13H11ClN4S. The van der Waals surface area contributed by atoms with Crippen molar-refractivity contribution < 1.29 is 0 Å². The van der Waals surface area contributed by atoms with Crippen LogP contribution in [0.25, 0.3) is 10.8 Å². The minimum atomic E-state index is 0.0823. The molecular weight excluding hydrogens is 280 g/mol. The van der Waals surface area contributed by atoms with Crippen LogP contribution in [0.4, 0.5) is 5.82 Å². The molecule has 0 bridgehead atoms. The van der Waals surface area contributed by atoms with Crippen LogP contribution < -0.4 is 5.32 Å². The van der Waals surface area contributed by atoms with Crippen LogP contribution in [0.5, 0.6) is 0 Å². The third-order valence-corrected chi connectivity index (χ3v) is 4.05. The second kappa shape index (κ2) is 5.11. The van der Waals surface area contributed by atoms with Gasteiger partial charge in [-0.2, -0.15) is 0 Å². The minimum absolute atomic E-state index is 0.0823. The number of anilines is 1. The van der Waals surface area contributed by atoms with Gasteiger partial charge in [0.2, 0.25) is 0 Å². The van der Waals surface area contributed by atoms with Gasteiger partial charge >= 0.3 is 0 Å². The van der Waals surface area contributed by atoms with E-state index >= 15 is 0 Å². The first-order valence-electron chi connectivity index (χ1n) is 5.82.